The van der Waals surface area contributed by atoms with Crippen molar-refractivity contribution in [1.29, 1.82) is 0 Å². The molecule has 0 radical (unpaired) electrons. The molecule has 1 unspecified atom stereocenters. The lowest BCUT2D eigenvalue weighted by Gasteiger charge is -2.37. The second-order valence-corrected chi connectivity index (χ2v) is 6.51. The Morgan fingerprint density at radius 1 is 1.32 bits per heavy atom. The van der Waals surface area contributed by atoms with E-state index in [1.54, 1.807) is 6.07 Å². The van der Waals surface area contributed by atoms with Crippen molar-refractivity contribution in [2.24, 2.45) is 0 Å². The third-order valence-electron chi connectivity index (χ3n) is 3.98. The molecule has 0 saturated heterocycles. The average molecular weight is 344 g/mol. The van der Waals surface area contributed by atoms with E-state index < -0.39 is 29.3 Å². The summed E-state index contributed by atoms with van der Waals surface area (Å²) in [7, 11) is 0. The summed E-state index contributed by atoms with van der Waals surface area (Å²) in [6, 6.07) is 6.30. The Morgan fingerprint density at radius 2 is 2.08 bits per heavy atom. The number of hydrogen-bond acceptors (Lipinski definition) is 4. The van der Waals surface area contributed by atoms with Gasteiger partial charge in [-0.1, -0.05) is 6.07 Å². The highest BCUT2D eigenvalue weighted by Crippen LogP contribution is 2.39. The molecule has 1 amide bonds. The van der Waals surface area contributed by atoms with E-state index in [0.29, 0.717) is 17.7 Å². The van der Waals surface area contributed by atoms with Crippen molar-refractivity contribution in [1.82, 2.24) is 10.3 Å². The Morgan fingerprint density at radius 3 is 2.80 bits per heavy atom. The van der Waals surface area contributed by atoms with E-state index in [-0.39, 0.29) is 11.3 Å². The number of hydrogen-bond donors (Lipinski definition) is 2. The summed E-state index contributed by atoms with van der Waals surface area (Å²) in [5.41, 5.74) is 0.0704. The number of fused-ring (bicyclic) bond motifs is 1. The summed E-state index contributed by atoms with van der Waals surface area (Å²) < 4.78 is 19.3. The first-order chi connectivity index (χ1) is 11.7. The molecule has 0 saturated carbocycles. The molecule has 2 aromatic rings. The van der Waals surface area contributed by atoms with E-state index in [9.17, 15) is 14.0 Å². The molecule has 1 aromatic carbocycles. The minimum atomic E-state index is -1.13. The number of carboxylic acids is 1. The van der Waals surface area contributed by atoms with Crippen molar-refractivity contribution in [3.63, 3.8) is 0 Å². The third kappa shape index (κ3) is 3.60. The second-order valence-electron chi connectivity index (χ2n) is 6.51. The number of carbonyl (C=O) groups excluding carboxylic acids is 1. The van der Waals surface area contributed by atoms with Gasteiger partial charge in [-0.05, 0) is 32.0 Å². The first-order valence-corrected chi connectivity index (χ1v) is 7.74. The molecule has 2 heterocycles. The van der Waals surface area contributed by atoms with E-state index in [2.05, 4.69) is 10.3 Å². The van der Waals surface area contributed by atoms with Gasteiger partial charge in [-0.3, -0.25) is 9.78 Å². The second kappa shape index (κ2) is 6.16. The molecule has 1 aliphatic rings. The first kappa shape index (κ1) is 16.9. The zero-order chi connectivity index (χ0) is 18.2. The Labute approximate surface area is 143 Å². The van der Waals surface area contributed by atoms with Crippen LogP contribution in [0.3, 0.4) is 0 Å². The maximum atomic E-state index is 13.5. The van der Waals surface area contributed by atoms with Crippen LogP contribution in [-0.4, -0.2) is 27.6 Å². The molecule has 1 atom stereocenters. The molecular weight excluding hydrogens is 327 g/mol. The molecule has 130 valence electrons. The normalized spacial score (nSPS) is 18.0. The van der Waals surface area contributed by atoms with Crippen molar-refractivity contribution in [2.75, 3.05) is 0 Å². The number of ether oxygens (including phenoxy) is 1. The number of halogens is 1. The molecule has 2 N–H and O–H groups in total. The van der Waals surface area contributed by atoms with Crippen molar-refractivity contribution < 1.29 is 23.8 Å². The zero-order valence-electron chi connectivity index (χ0n) is 13.7. The van der Waals surface area contributed by atoms with Crippen LogP contribution in [0.4, 0.5) is 4.39 Å². The first-order valence-electron chi connectivity index (χ1n) is 7.74. The fourth-order valence-electron chi connectivity index (χ4n) is 2.87. The van der Waals surface area contributed by atoms with Crippen LogP contribution < -0.4 is 10.1 Å². The number of nitrogens with zero attached hydrogens (tertiary/aromatic N) is 1. The summed E-state index contributed by atoms with van der Waals surface area (Å²) in [6.45, 7) is 3.70. The number of aromatic nitrogens is 1. The smallest absolute Gasteiger partial charge is 0.335 e. The van der Waals surface area contributed by atoms with Gasteiger partial charge in [0.2, 0.25) is 0 Å². The maximum Gasteiger partial charge on any atom is 0.335 e. The monoisotopic (exact) mass is 344 g/mol. The van der Waals surface area contributed by atoms with Crippen LogP contribution in [0.15, 0.2) is 36.5 Å². The highest BCUT2D eigenvalue weighted by atomic mass is 19.1. The Balaban J connectivity index is 1.88. The topological polar surface area (TPSA) is 88.5 Å². The fraction of sp³-hybridized carbons (Fsp3) is 0.278. The highest BCUT2D eigenvalue weighted by Gasteiger charge is 2.35. The van der Waals surface area contributed by atoms with Crippen LogP contribution in [0, 0.1) is 5.82 Å². The van der Waals surface area contributed by atoms with Crippen LogP contribution in [-0.2, 0) is 0 Å². The molecule has 6 nitrogen and oxygen atoms in total. The molecule has 0 fully saturated rings. The maximum absolute atomic E-state index is 13.5. The van der Waals surface area contributed by atoms with E-state index >= 15 is 0 Å². The predicted octanol–water partition coefficient (Wildman–Crippen LogP) is 2.95. The third-order valence-corrected chi connectivity index (χ3v) is 3.98. The van der Waals surface area contributed by atoms with Gasteiger partial charge < -0.3 is 15.2 Å². The lowest BCUT2D eigenvalue weighted by Crippen LogP contribution is -2.41. The standard InChI is InChI=1S/C18H17FN2O4/c1-18(2)9-14(12-4-3-11(19)8-15(12)25-18)21-16(22)13-7-10(17(23)24)5-6-20-13/h3-8,14H,9H2,1-2H3,(H,21,22)(H,23,24). The number of aromatic carboxylic acids is 1. The summed E-state index contributed by atoms with van der Waals surface area (Å²) >= 11 is 0. The van der Waals surface area contributed by atoms with Crippen LogP contribution >= 0.6 is 0 Å². The summed E-state index contributed by atoms with van der Waals surface area (Å²) in [6.07, 6.45) is 1.76. The lowest BCUT2D eigenvalue weighted by atomic mass is 9.89. The van der Waals surface area contributed by atoms with E-state index in [0.717, 1.165) is 0 Å². The SMILES string of the molecule is CC1(C)CC(NC(=O)c2cc(C(=O)O)ccn2)c2ccc(F)cc2O1. The van der Waals surface area contributed by atoms with Crippen LogP contribution in [0.2, 0.25) is 0 Å². The van der Waals surface area contributed by atoms with Gasteiger partial charge in [0.05, 0.1) is 11.6 Å². The van der Waals surface area contributed by atoms with Crippen molar-refractivity contribution >= 4 is 11.9 Å². The number of carboxylic acid groups (broad SMARTS) is 1. The predicted molar refractivity (Wildman–Crippen MR) is 87.1 cm³/mol. The summed E-state index contributed by atoms with van der Waals surface area (Å²) in [4.78, 5) is 27.5. The largest absolute Gasteiger partial charge is 0.487 e. The molecule has 0 spiro atoms. The quantitative estimate of drug-likeness (QED) is 0.894. The lowest BCUT2D eigenvalue weighted by molar-refractivity contribution is 0.0614. The molecule has 0 aliphatic carbocycles. The molecule has 3 rings (SSSR count). The van der Waals surface area contributed by atoms with Gasteiger partial charge >= 0.3 is 5.97 Å². The number of amides is 1. The number of nitrogens with one attached hydrogen (secondary N) is 1. The molecule has 7 heteroatoms. The molecule has 25 heavy (non-hydrogen) atoms. The number of benzene rings is 1. The average Bonchev–Trinajstić information content (AvgIpc) is 2.53. The molecule has 1 aliphatic heterocycles. The number of carbonyl (C=O) groups is 2. The Hall–Kier alpha value is -2.96. The van der Waals surface area contributed by atoms with Gasteiger partial charge in [0.25, 0.3) is 5.91 Å². The van der Waals surface area contributed by atoms with Gasteiger partial charge in [-0.25, -0.2) is 9.18 Å². The van der Waals surface area contributed by atoms with Gasteiger partial charge in [0.15, 0.2) is 0 Å². The van der Waals surface area contributed by atoms with Crippen LogP contribution in [0.5, 0.6) is 5.75 Å². The minimum absolute atomic E-state index is 0.00728. The molecular formula is C18H17FN2O4. The van der Waals surface area contributed by atoms with Crippen LogP contribution in [0.1, 0.15) is 52.7 Å². The van der Waals surface area contributed by atoms with Crippen molar-refractivity contribution in [2.45, 2.75) is 31.9 Å². The zero-order valence-corrected chi connectivity index (χ0v) is 13.7. The van der Waals surface area contributed by atoms with Crippen LogP contribution in [0.25, 0.3) is 0 Å². The fourth-order valence-corrected chi connectivity index (χ4v) is 2.87. The van der Waals surface area contributed by atoms with Gasteiger partial charge in [-0.2, -0.15) is 0 Å². The molecule has 0 bridgehead atoms. The van der Waals surface area contributed by atoms with Gasteiger partial charge in [-0.15, -0.1) is 0 Å². The summed E-state index contributed by atoms with van der Waals surface area (Å²) in [5, 5.41) is 11.9. The Kier molecular flexibility index (Phi) is 4.16. The highest BCUT2D eigenvalue weighted by molar-refractivity contribution is 5.96. The number of pyridine rings is 1. The van der Waals surface area contributed by atoms with E-state index in [4.69, 9.17) is 9.84 Å². The van der Waals surface area contributed by atoms with E-state index in [1.807, 2.05) is 13.8 Å². The van der Waals surface area contributed by atoms with Crippen molar-refractivity contribution in [3.05, 3.63) is 59.2 Å². The van der Waals surface area contributed by atoms with Gasteiger partial charge in [0.1, 0.15) is 22.9 Å². The summed E-state index contributed by atoms with van der Waals surface area (Å²) in [5.74, 6) is -1.67. The van der Waals surface area contributed by atoms with Gasteiger partial charge in [0, 0.05) is 24.2 Å². The number of rotatable bonds is 3. The Bertz CT molecular complexity index is 851. The minimum Gasteiger partial charge on any atom is -0.487 e. The van der Waals surface area contributed by atoms with Crippen molar-refractivity contribution in [3.8, 4) is 5.75 Å². The van der Waals surface area contributed by atoms with E-state index in [1.165, 1.54) is 30.5 Å². The molecule has 1 aromatic heterocycles.